The number of carbonyl (C=O) groups is 3. The first kappa shape index (κ1) is 18.2. The number of esters is 3. The quantitative estimate of drug-likeness (QED) is 0.519. The van der Waals surface area contributed by atoms with Crippen LogP contribution in [0.4, 0.5) is 0 Å². The van der Waals surface area contributed by atoms with Crippen molar-refractivity contribution in [1.29, 1.82) is 0 Å². The molecule has 0 amide bonds. The molecule has 9 nitrogen and oxygen atoms in total. The van der Waals surface area contributed by atoms with E-state index in [0.717, 1.165) is 0 Å². The molecule has 2 aliphatic rings. The number of hydrogen-bond donors (Lipinski definition) is 0. The molecule has 134 valence electrons. The minimum Gasteiger partial charge on any atom is -0.463 e. The van der Waals surface area contributed by atoms with E-state index >= 15 is 0 Å². The number of carbonyl (C=O) groups excluding carboxylic acids is 3. The molecule has 0 aliphatic carbocycles. The smallest absolute Gasteiger partial charge is 0.302 e. The zero-order chi connectivity index (χ0) is 17.9. The maximum atomic E-state index is 11.4. The molecule has 1 saturated heterocycles. The van der Waals surface area contributed by atoms with Gasteiger partial charge in [-0.25, -0.2) is 4.99 Å². The first-order chi connectivity index (χ1) is 11.2. The molecule has 2 heterocycles. The Balaban J connectivity index is 2.19. The van der Waals surface area contributed by atoms with Crippen LogP contribution in [0.1, 0.15) is 34.1 Å². The van der Waals surface area contributed by atoms with Gasteiger partial charge in [-0.05, 0) is 0 Å². The van der Waals surface area contributed by atoms with Gasteiger partial charge in [0.05, 0.1) is 0 Å². The number of fused-ring (bicyclic) bond motifs is 1. The van der Waals surface area contributed by atoms with Crippen LogP contribution in [0.5, 0.6) is 0 Å². The van der Waals surface area contributed by atoms with Crippen LogP contribution in [0.2, 0.25) is 0 Å². The second kappa shape index (κ2) is 7.16. The van der Waals surface area contributed by atoms with Crippen molar-refractivity contribution in [1.82, 2.24) is 0 Å². The van der Waals surface area contributed by atoms with Gasteiger partial charge in [-0.15, -0.1) is 0 Å². The Morgan fingerprint density at radius 1 is 1.17 bits per heavy atom. The highest BCUT2D eigenvalue weighted by Gasteiger charge is 2.56. The Morgan fingerprint density at radius 2 is 1.83 bits per heavy atom. The second-order valence-electron chi connectivity index (χ2n) is 5.79. The van der Waals surface area contributed by atoms with Gasteiger partial charge in [0.2, 0.25) is 6.29 Å². The van der Waals surface area contributed by atoms with Crippen LogP contribution in [0.25, 0.3) is 0 Å². The summed E-state index contributed by atoms with van der Waals surface area (Å²) in [7, 11) is 0. The number of rotatable bonds is 5. The van der Waals surface area contributed by atoms with E-state index in [4.69, 9.17) is 23.7 Å². The predicted molar refractivity (Wildman–Crippen MR) is 79.0 cm³/mol. The van der Waals surface area contributed by atoms with E-state index in [1.165, 1.54) is 20.8 Å². The van der Waals surface area contributed by atoms with Crippen molar-refractivity contribution >= 4 is 23.8 Å². The van der Waals surface area contributed by atoms with Crippen LogP contribution in [0.3, 0.4) is 0 Å². The Morgan fingerprint density at radius 3 is 2.42 bits per heavy atom. The van der Waals surface area contributed by atoms with E-state index in [1.807, 2.05) is 0 Å². The van der Waals surface area contributed by atoms with E-state index < -0.39 is 41.9 Å². The van der Waals surface area contributed by atoms with E-state index in [2.05, 4.69) is 4.99 Å². The Labute approximate surface area is 139 Å². The van der Waals surface area contributed by atoms with Crippen molar-refractivity contribution in [3.63, 3.8) is 0 Å². The molecule has 2 aliphatic heterocycles. The maximum Gasteiger partial charge on any atom is 0.302 e. The Hall–Kier alpha value is -2.16. The van der Waals surface area contributed by atoms with Gasteiger partial charge in [0.1, 0.15) is 25.4 Å². The van der Waals surface area contributed by atoms with Crippen molar-refractivity contribution in [3.05, 3.63) is 0 Å². The monoisotopic (exact) mass is 343 g/mol. The third-order valence-electron chi connectivity index (χ3n) is 3.66. The molecule has 0 aromatic heterocycles. The highest BCUT2D eigenvalue weighted by Crippen LogP contribution is 2.39. The third kappa shape index (κ3) is 4.22. The lowest BCUT2D eigenvalue weighted by Gasteiger charge is -2.42. The summed E-state index contributed by atoms with van der Waals surface area (Å²) in [5, 5.41) is 0. The zero-order valence-electron chi connectivity index (χ0n) is 14.1. The van der Waals surface area contributed by atoms with Gasteiger partial charge in [0, 0.05) is 34.1 Å². The van der Waals surface area contributed by atoms with Crippen molar-refractivity contribution < 1.29 is 38.1 Å². The standard InChI is InChI=1S/C15H21NO8/c1-8-16-15(7-21-10(3)18)5-12(23-11(4)19)13(6-20-9(2)17)24-14(15)22-8/h12-14H,5-7H2,1-4H3. The number of aliphatic imine (C=N–C) groups is 1. The van der Waals surface area contributed by atoms with Gasteiger partial charge in [-0.2, -0.15) is 0 Å². The van der Waals surface area contributed by atoms with Crippen LogP contribution >= 0.6 is 0 Å². The second-order valence-corrected chi connectivity index (χ2v) is 5.79. The summed E-state index contributed by atoms with van der Waals surface area (Å²) < 4.78 is 26.7. The zero-order valence-corrected chi connectivity index (χ0v) is 14.1. The van der Waals surface area contributed by atoms with Gasteiger partial charge in [-0.3, -0.25) is 14.4 Å². The summed E-state index contributed by atoms with van der Waals surface area (Å²) in [6.07, 6.45) is -2.01. The number of ether oxygens (including phenoxy) is 5. The average Bonchev–Trinajstić information content (AvgIpc) is 2.77. The van der Waals surface area contributed by atoms with Crippen molar-refractivity contribution in [2.45, 2.75) is 58.2 Å². The Kier molecular flexibility index (Phi) is 5.43. The van der Waals surface area contributed by atoms with Crippen LogP contribution < -0.4 is 0 Å². The molecule has 0 bridgehead atoms. The molecule has 9 heteroatoms. The predicted octanol–water partition coefficient (Wildman–Crippen LogP) is 0.347. The van der Waals surface area contributed by atoms with Crippen molar-refractivity contribution in [3.8, 4) is 0 Å². The average molecular weight is 343 g/mol. The molecule has 0 aromatic carbocycles. The fourth-order valence-electron chi connectivity index (χ4n) is 2.74. The molecule has 4 unspecified atom stereocenters. The van der Waals surface area contributed by atoms with Gasteiger partial charge >= 0.3 is 17.9 Å². The van der Waals surface area contributed by atoms with Crippen LogP contribution in [-0.4, -0.2) is 61.1 Å². The summed E-state index contributed by atoms with van der Waals surface area (Å²) in [5.74, 6) is -1.07. The van der Waals surface area contributed by atoms with Gasteiger partial charge in [0.15, 0.2) is 11.4 Å². The summed E-state index contributed by atoms with van der Waals surface area (Å²) in [5.41, 5.74) is -0.997. The Bertz CT molecular complexity index is 560. The molecule has 0 aromatic rings. The summed E-state index contributed by atoms with van der Waals surface area (Å²) in [6, 6.07) is 0. The SMILES string of the molecule is CC(=O)OCC1OC2OC(C)=NC2(COC(C)=O)CC1OC(C)=O. The van der Waals surface area contributed by atoms with E-state index in [-0.39, 0.29) is 19.6 Å². The minimum absolute atomic E-state index is 0.0671. The molecule has 2 rings (SSSR count). The first-order valence-corrected chi connectivity index (χ1v) is 7.54. The summed E-state index contributed by atoms with van der Waals surface area (Å²) in [4.78, 5) is 38.0. The van der Waals surface area contributed by atoms with Crippen LogP contribution in [0.15, 0.2) is 4.99 Å². The van der Waals surface area contributed by atoms with Gasteiger partial charge < -0.3 is 23.7 Å². The highest BCUT2D eigenvalue weighted by molar-refractivity contribution is 5.76. The lowest BCUT2D eigenvalue weighted by Crippen LogP contribution is -2.58. The van der Waals surface area contributed by atoms with Crippen molar-refractivity contribution in [2.24, 2.45) is 4.99 Å². The topological polar surface area (TPSA) is 110 Å². The van der Waals surface area contributed by atoms with E-state index in [1.54, 1.807) is 6.92 Å². The summed E-state index contributed by atoms with van der Waals surface area (Å²) in [6.45, 7) is 5.33. The lowest BCUT2D eigenvalue weighted by atomic mass is 9.88. The molecular weight excluding hydrogens is 322 g/mol. The van der Waals surface area contributed by atoms with Crippen LogP contribution in [-0.2, 0) is 38.1 Å². The number of hydrogen-bond acceptors (Lipinski definition) is 9. The third-order valence-corrected chi connectivity index (χ3v) is 3.66. The minimum atomic E-state index is -0.997. The first-order valence-electron chi connectivity index (χ1n) is 7.54. The molecule has 0 spiro atoms. The van der Waals surface area contributed by atoms with Crippen molar-refractivity contribution in [2.75, 3.05) is 13.2 Å². The summed E-state index contributed by atoms with van der Waals surface area (Å²) >= 11 is 0. The highest BCUT2D eigenvalue weighted by atomic mass is 16.7. The molecule has 24 heavy (non-hydrogen) atoms. The van der Waals surface area contributed by atoms with Gasteiger partial charge in [0.25, 0.3) is 0 Å². The normalized spacial score (nSPS) is 31.3. The maximum absolute atomic E-state index is 11.4. The molecule has 0 N–H and O–H groups in total. The van der Waals surface area contributed by atoms with Gasteiger partial charge in [-0.1, -0.05) is 0 Å². The fourth-order valence-corrected chi connectivity index (χ4v) is 2.74. The number of nitrogens with zero attached hydrogens (tertiary/aromatic N) is 1. The molecule has 1 fully saturated rings. The van der Waals surface area contributed by atoms with E-state index in [9.17, 15) is 14.4 Å². The largest absolute Gasteiger partial charge is 0.463 e. The molecular formula is C15H21NO8. The molecule has 0 radical (unpaired) electrons. The lowest BCUT2D eigenvalue weighted by molar-refractivity contribution is -0.240. The fraction of sp³-hybridized carbons (Fsp3) is 0.733. The van der Waals surface area contributed by atoms with E-state index in [0.29, 0.717) is 5.90 Å². The molecule has 4 atom stereocenters. The van der Waals surface area contributed by atoms with Crippen LogP contribution in [0, 0.1) is 0 Å². The molecule has 0 saturated carbocycles.